The summed E-state index contributed by atoms with van der Waals surface area (Å²) >= 11 is 0. The van der Waals surface area contributed by atoms with Gasteiger partial charge in [0, 0.05) is 18.3 Å². The fourth-order valence-electron chi connectivity index (χ4n) is 1.43. The van der Waals surface area contributed by atoms with Crippen LogP contribution in [0.2, 0.25) is 0 Å². The van der Waals surface area contributed by atoms with Crippen LogP contribution in [0, 0.1) is 11.3 Å². The lowest BCUT2D eigenvalue weighted by Gasteiger charge is -2.14. The molecule has 0 heterocycles. The van der Waals surface area contributed by atoms with E-state index in [0.29, 0.717) is 11.6 Å². The van der Waals surface area contributed by atoms with Crippen LogP contribution in [0.25, 0.3) is 0 Å². The molecule has 0 saturated heterocycles. The molecule has 0 aliphatic carbocycles. The van der Waals surface area contributed by atoms with Crippen LogP contribution in [0.15, 0.2) is 24.3 Å². The van der Waals surface area contributed by atoms with E-state index >= 15 is 0 Å². The second kappa shape index (κ2) is 6.05. The molecule has 0 aromatic heterocycles. The van der Waals surface area contributed by atoms with Gasteiger partial charge in [-0.2, -0.15) is 5.26 Å². The van der Waals surface area contributed by atoms with E-state index in [1.54, 1.807) is 6.07 Å². The predicted octanol–water partition coefficient (Wildman–Crippen LogP) is 2.13. The molecule has 0 saturated carbocycles. The first-order valence-electron chi connectivity index (χ1n) is 5.14. The van der Waals surface area contributed by atoms with Crippen LogP contribution in [0.1, 0.15) is 25.3 Å². The number of nitriles is 1. The molecule has 2 N–H and O–H groups in total. The van der Waals surface area contributed by atoms with Crippen molar-refractivity contribution in [1.29, 1.82) is 5.26 Å². The minimum Gasteiger partial charge on any atom is -0.396 e. The smallest absolute Gasteiger partial charge is 0.0992 e. The Morgan fingerprint density at radius 1 is 1.53 bits per heavy atom. The van der Waals surface area contributed by atoms with Crippen LogP contribution in [-0.4, -0.2) is 17.8 Å². The van der Waals surface area contributed by atoms with Crippen LogP contribution in [0.3, 0.4) is 0 Å². The van der Waals surface area contributed by atoms with Gasteiger partial charge in [-0.1, -0.05) is 6.07 Å². The van der Waals surface area contributed by atoms with Crippen molar-refractivity contribution in [1.82, 2.24) is 0 Å². The number of nitrogens with zero attached hydrogens (tertiary/aromatic N) is 1. The molecule has 0 aliphatic rings. The van der Waals surface area contributed by atoms with Gasteiger partial charge in [0.05, 0.1) is 11.6 Å². The molecule has 1 atom stereocenters. The SMILES string of the molecule is CC(CCCO)Nc1cccc(C#N)c1. The summed E-state index contributed by atoms with van der Waals surface area (Å²) in [5, 5.41) is 20.7. The van der Waals surface area contributed by atoms with Crippen LogP contribution >= 0.6 is 0 Å². The van der Waals surface area contributed by atoms with Gasteiger partial charge in [0.15, 0.2) is 0 Å². The lowest BCUT2D eigenvalue weighted by atomic mass is 10.1. The van der Waals surface area contributed by atoms with E-state index < -0.39 is 0 Å². The molecule has 1 aromatic rings. The van der Waals surface area contributed by atoms with Crippen molar-refractivity contribution >= 4 is 5.69 Å². The maximum absolute atomic E-state index is 8.73. The van der Waals surface area contributed by atoms with E-state index in [4.69, 9.17) is 10.4 Å². The largest absolute Gasteiger partial charge is 0.396 e. The summed E-state index contributed by atoms with van der Waals surface area (Å²) in [6, 6.07) is 9.83. The fraction of sp³-hybridized carbons (Fsp3) is 0.417. The van der Waals surface area contributed by atoms with E-state index in [1.807, 2.05) is 18.2 Å². The number of nitrogens with one attached hydrogen (secondary N) is 1. The van der Waals surface area contributed by atoms with Crippen LogP contribution < -0.4 is 5.32 Å². The summed E-state index contributed by atoms with van der Waals surface area (Å²) in [4.78, 5) is 0. The van der Waals surface area contributed by atoms with Gasteiger partial charge in [0.2, 0.25) is 0 Å². The fourth-order valence-corrected chi connectivity index (χ4v) is 1.43. The highest BCUT2D eigenvalue weighted by molar-refractivity contribution is 5.49. The first-order valence-corrected chi connectivity index (χ1v) is 5.14. The zero-order valence-electron chi connectivity index (χ0n) is 8.90. The van der Waals surface area contributed by atoms with Crippen LogP contribution in [0.5, 0.6) is 0 Å². The number of aliphatic hydroxyl groups is 1. The van der Waals surface area contributed by atoms with Crippen LogP contribution in [0.4, 0.5) is 5.69 Å². The minimum absolute atomic E-state index is 0.226. The molecular weight excluding hydrogens is 188 g/mol. The molecule has 0 radical (unpaired) electrons. The summed E-state index contributed by atoms with van der Waals surface area (Å²) < 4.78 is 0. The Morgan fingerprint density at radius 3 is 3.00 bits per heavy atom. The summed E-state index contributed by atoms with van der Waals surface area (Å²) in [7, 11) is 0. The quantitative estimate of drug-likeness (QED) is 0.772. The Kier molecular flexibility index (Phi) is 4.65. The van der Waals surface area contributed by atoms with Crippen LogP contribution in [-0.2, 0) is 0 Å². The molecule has 3 heteroatoms. The van der Waals surface area contributed by atoms with Gasteiger partial charge in [-0.3, -0.25) is 0 Å². The highest BCUT2D eigenvalue weighted by atomic mass is 16.2. The molecule has 1 unspecified atom stereocenters. The van der Waals surface area contributed by atoms with Gasteiger partial charge in [0.1, 0.15) is 0 Å². The lowest BCUT2D eigenvalue weighted by Crippen LogP contribution is -2.15. The number of aliphatic hydroxyl groups excluding tert-OH is 1. The third-order valence-corrected chi connectivity index (χ3v) is 2.20. The average Bonchev–Trinajstić information content (AvgIpc) is 2.26. The minimum atomic E-state index is 0.226. The molecule has 0 bridgehead atoms. The van der Waals surface area contributed by atoms with Gasteiger partial charge in [-0.05, 0) is 38.0 Å². The summed E-state index contributed by atoms with van der Waals surface area (Å²) in [5.41, 5.74) is 1.62. The monoisotopic (exact) mass is 204 g/mol. The summed E-state index contributed by atoms with van der Waals surface area (Å²) in [5.74, 6) is 0. The zero-order chi connectivity index (χ0) is 11.1. The molecule has 0 spiro atoms. The number of rotatable bonds is 5. The average molecular weight is 204 g/mol. The predicted molar refractivity (Wildman–Crippen MR) is 60.6 cm³/mol. The Hall–Kier alpha value is -1.53. The number of hydrogen-bond acceptors (Lipinski definition) is 3. The van der Waals surface area contributed by atoms with Gasteiger partial charge >= 0.3 is 0 Å². The Morgan fingerprint density at radius 2 is 2.33 bits per heavy atom. The van der Waals surface area contributed by atoms with Crippen molar-refractivity contribution in [2.24, 2.45) is 0 Å². The maximum Gasteiger partial charge on any atom is 0.0992 e. The first kappa shape index (κ1) is 11.5. The zero-order valence-corrected chi connectivity index (χ0v) is 8.90. The summed E-state index contributed by atoms with van der Waals surface area (Å²) in [6.45, 7) is 2.29. The highest BCUT2D eigenvalue weighted by Crippen LogP contribution is 2.12. The van der Waals surface area contributed by atoms with E-state index in [2.05, 4.69) is 18.3 Å². The second-order valence-corrected chi connectivity index (χ2v) is 3.60. The molecule has 80 valence electrons. The van der Waals surface area contributed by atoms with Crippen molar-refractivity contribution in [3.8, 4) is 6.07 Å². The molecule has 1 rings (SSSR count). The second-order valence-electron chi connectivity index (χ2n) is 3.60. The molecule has 15 heavy (non-hydrogen) atoms. The van der Waals surface area contributed by atoms with E-state index in [0.717, 1.165) is 18.5 Å². The van der Waals surface area contributed by atoms with Gasteiger partial charge in [-0.25, -0.2) is 0 Å². The molecular formula is C12H16N2O. The first-order chi connectivity index (χ1) is 7.26. The third kappa shape index (κ3) is 4.01. The molecule has 0 fully saturated rings. The topological polar surface area (TPSA) is 56.0 Å². The Labute approximate surface area is 90.4 Å². The van der Waals surface area contributed by atoms with E-state index in [9.17, 15) is 0 Å². The normalized spacial score (nSPS) is 11.8. The Bertz CT molecular complexity index is 344. The van der Waals surface area contributed by atoms with E-state index in [1.165, 1.54) is 0 Å². The molecule has 0 amide bonds. The molecule has 0 aliphatic heterocycles. The number of hydrogen-bond donors (Lipinski definition) is 2. The molecule has 1 aromatic carbocycles. The Balaban J connectivity index is 2.53. The number of anilines is 1. The van der Waals surface area contributed by atoms with Crippen molar-refractivity contribution in [3.05, 3.63) is 29.8 Å². The highest BCUT2D eigenvalue weighted by Gasteiger charge is 2.01. The van der Waals surface area contributed by atoms with Gasteiger partial charge < -0.3 is 10.4 Å². The molecule has 3 nitrogen and oxygen atoms in total. The van der Waals surface area contributed by atoms with Crippen molar-refractivity contribution in [2.45, 2.75) is 25.8 Å². The van der Waals surface area contributed by atoms with Crippen molar-refractivity contribution < 1.29 is 5.11 Å². The van der Waals surface area contributed by atoms with Crippen molar-refractivity contribution in [3.63, 3.8) is 0 Å². The lowest BCUT2D eigenvalue weighted by molar-refractivity contribution is 0.282. The van der Waals surface area contributed by atoms with Gasteiger partial charge in [0.25, 0.3) is 0 Å². The number of benzene rings is 1. The van der Waals surface area contributed by atoms with Gasteiger partial charge in [-0.15, -0.1) is 0 Å². The maximum atomic E-state index is 8.73. The van der Waals surface area contributed by atoms with E-state index in [-0.39, 0.29) is 6.61 Å². The summed E-state index contributed by atoms with van der Waals surface area (Å²) in [6.07, 6.45) is 1.72. The van der Waals surface area contributed by atoms with Crippen molar-refractivity contribution in [2.75, 3.05) is 11.9 Å². The third-order valence-electron chi connectivity index (χ3n) is 2.20. The standard InChI is InChI=1S/C12H16N2O/c1-10(4-3-7-15)14-12-6-2-5-11(8-12)9-13/h2,5-6,8,10,14-15H,3-4,7H2,1H3.